The quantitative estimate of drug-likeness (QED) is 0.903. The first-order valence-electron chi connectivity index (χ1n) is 5.39. The molecule has 94 valence electrons. The van der Waals surface area contributed by atoms with Gasteiger partial charge >= 0.3 is 6.03 Å². The molecule has 4 nitrogen and oxygen atoms in total. The number of amides is 2. The number of hydrogen-bond donors (Lipinski definition) is 1. The van der Waals surface area contributed by atoms with Crippen LogP contribution in [0.4, 0.5) is 4.79 Å². The van der Waals surface area contributed by atoms with Gasteiger partial charge in [-0.1, -0.05) is 11.6 Å². The van der Waals surface area contributed by atoms with Crippen LogP contribution in [0.15, 0.2) is 18.2 Å². The summed E-state index contributed by atoms with van der Waals surface area (Å²) < 4.78 is 0. The maximum atomic E-state index is 11.8. The second-order valence-electron chi connectivity index (χ2n) is 3.96. The normalized spacial score (nSPS) is 10.1. The molecule has 0 aliphatic rings. The Morgan fingerprint density at radius 2 is 2.06 bits per heavy atom. The highest BCUT2D eigenvalue weighted by Crippen LogP contribution is 2.23. The molecule has 1 rings (SSSR count). The molecule has 0 bridgehead atoms. The van der Waals surface area contributed by atoms with E-state index in [1.54, 1.807) is 31.1 Å². The predicted molar refractivity (Wildman–Crippen MR) is 68.3 cm³/mol. The lowest BCUT2D eigenvalue weighted by Gasteiger charge is -2.25. The zero-order valence-electron chi connectivity index (χ0n) is 10.3. The molecule has 0 saturated carbocycles. The fraction of sp³-hybridized carbons (Fsp3) is 0.417. The molecule has 0 aliphatic heterocycles. The SMILES string of the molecule is CCN(Cc1cc(Cl)ccc1O)C(=O)N(C)C. The Bertz CT molecular complexity index is 407. The van der Waals surface area contributed by atoms with Crippen LogP contribution >= 0.6 is 11.6 Å². The van der Waals surface area contributed by atoms with Crippen molar-refractivity contribution < 1.29 is 9.90 Å². The molecule has 0 aliphatic carbocycles. The Hall–Kier alpha value is -1.42. The highest BCUT2D eigenvalue weighted by atomic mass is 35.5. The van der Waals surface area contributed by atoms with Crippen LogP contribution < -0.4 is 0 Å². The van der Waals surface area contributed by atoms with Gasteiger partial charge in [0.25, 0.3) is 0 Å². The van der Waals surface area contributed by atoms with E-state index in [4.69, 9.17) is 11.6 Å². The van der Waals surface area contributed by atoms with Crippen molar-refractivity contribution in [2.24, 2.45) is 0 Å². The molecule has 0 atom stereocenters. The number of urea groups is 1. The van der Waals surface area contributed by atoms with Crippen molar-refractivity contribution in [3.05, 3.63) is 28.8 Å². The van der Waals surface area contributed by atoms with Crippen molar-refractivity contribution in [3.8, 4) is 5.75 Å². The van der Waals surface area contributed by atoms with E-state index in [9.17, 15) is 9.90 Å². The van der Waals surface area contributed by atoms with E-state index < -0.39 is 0 Å². The molecule has 0 spiro atoms. The third kappa shape index (κ3) is 3.53. The van der Waals surface area contributed by atoms with Crippen molar-refractivity contribution in [2.45, 2.75) is 13.5 Å². The smallest absolute Gasteiger partial charge is 0.319 e. The first kappa shape index (κ1) is 13.6. The van der Waals surface area contributed by atoms with Crippen LogP contribution in [-0.4, -0.2) is 41.6 Å². The minimum absolute atomic E-state index is 0.0909. The number of carbonyl (C=O) groups excluding carboxylic acids is 1. The van der Waals surface area contributed by atoms with Gasteiger partial charge in [-0.25, -0.2) is 4.79 Å². The van der Waals surface area contributed by atoms with Crippen molar-refractivity contribution >= 4 is 17.6 Å². The third-order valence-corrected chi connectivity index (χ3v) is 2.67. The minimum Gasteiger partial charge on any atom is -0.508 e. The Kier molecular flexibility index (Phi) is 4.63. The number of nitrogens with zero attached hydrogens (tertiary/aromatic N) is 2. The van der Waals surface area contributed by atoms with Crippen LogP contribution in [0.2, 0.25) is 5.02 Å². The molecular formula is C12H17ClN2O2. The van der Waals surface area contributed by atoms with Gasteiger partial charge in [-0.3, -0.25) is 0 Å². The van der Waals surface area contributed by atoms with Gasteiger partial charge in [0.05, 0.1) is 6.54 Å². The van der Waals surface area contributed by atoms with Crippen LogP contribution in [0.1, 0.15) is 12.5 Å². The van der Waals surface area contributed by atoms with E-state index in [-0.39, 0.29) is 11.8 Å². The van der Waals surface area contributed by atoms with E-state index in [0.717, 1.165) is 0 Å². The maximum Gasteiger partial charge on any atom is 0.319 e. The first-order chi connectivity index (χ1) is 7.95. The summed E-state index contributed by atoms with van der Waals surface area (Å²) in [5.41, 5.74) is 0.648. The number of rotatable bonds is 3. The van der Waals surface area contributed by atoms with Crippen molar-refractivity contribution in [1.82, 2.24) is 9.80 Å². The molecule has 2 amide bonds. The van der Waals surface area contributed by atoms with Crippen LogP contribution in [0, 0.1) is 0 Å². The Balaban J connectivity index is 2.87. The summed E-state index contributed by atoms with van der Waals surface area (Å²) >= 11 is 5.86. The molecule has 0 unspecified atom stereocenters. The number of hydrogen-bond acceptors (Lipinski definition) is 2. The fourth-order valence-electron chi connectivity index (χ4n) is 1.48. The minimum atomic E-state index is -0.0909. The average molecular weight is 257 g/mol. The van der Waals surface area contributed by atoms with Crippen molar-refractivity contribution in [1.29, 1.82) is 0 Å². The summed E-state index contributed by atoms with van der Waals surface area (Å²) in [5.74, 6) is 0.152. The highest BCUT2D eigenvalue weighted by molar-refractivity contribution is 6.30. The van der Waals surface area contributed by atoms with Gasteiger partial charge in [0.2, 0.25) is 0 Å². The fourth-order valence-corrected chi connectivity index (χ4v) is 1.68. The summed E-state index contributed by atoms with van der Waals surface area (Å²) in [4.78, 5) is 14.9. The van der Waals surface area contributed by atoms with E-state index in [1.165, 1.54) is 11.0 Å². The summed E-state index contributed by atoms with van der Waals surface area (Å²) in [6, 6.07) is 4.73. The van der Waals surface area contributed by atoms with E-state index in [2.05, 4.69) is 0 Å². The first-order valence-corrected chi connectivity index (χ1v) is 5.77. The molecule has 1 N–H and O–H groups in total. The number of carbonyl (C=O) groups is 1. The lowest BCUT2D eigenvalue weighted by molar-refractivity contribution is 0.170. The Morgan fingerprint density at radius 1 is 1.41 bits per heavy atom. The van der Waals surface area contributed by atoms with Gasteiger partial charge in [-0.2, -0.15) is 0 Å². The van der Waals surface area contributed by atoms with Gasteiger partial charge in [-0.15, -0.1) is 0 Å². The number of halogens is 1. The van der Waals surface area contributed by atoms with Gasteiger partial charge in [0.15, 0.2) is 0 Å². The summed E-state index contributed by atoms with van der Waals surface area (Å²) in [6.45, 7) is 2.81. The second kappa shape index (κ2) is 5.77. The zero-order valence-corrected chi connectivity index (χ0v) is 11.0. The monoisotopic (exact) mass is 256 g/mol. The van der Waals surface area contributed by atoms with Gasteiger partial charge < -0.3 is 14.9 Å². The van der Waals surface area contributed by atoms with Crippen LogP contribution in [0.3, 0.4) is 0 Å². The van der Waals surface area contributed by atoms with E-state index in [1.807, 2.05) is 6.92 Å². The van der Waals surface area contributed by atoms with E-state index >= 15 is 0 Å². The lowest BCUT2D eigenvalue weighted by Crippen LogP contribution is -2.38. The summed E-state index contributed by atoms with van der Waals surface area (Å²) in [5, 5.41) is 10.2. The predicted octanol–water partition coefficient (Wildman–Crippen LogP) is 2.55. The zero-order chi connectivity index (χ0) is 13.0. The largest absolute Gasteiger partial charge is 0.508 e. The Morgan fingerprint density at radius 3 is 2.59 bits per heavy atom. The molecule has 1 aromatic rings. The highest BCUT2D eigenvalue weighted by Gasteiger charge is 2.15. The molecule has 0 radical (unpaired) electrons. The molecular weight excluding hydrogens is 240 g/mol. The number of benzene rings is 1. The standard InChI is InChI=1S/C12H17ClN2O2/c1-4-15(12(17)14(2)3)8-9-7-10(13)5-6-11(9)16/h5-7,16H,4,8H2,1-3H3. The van der Waals surface area contributed by atoms with Gasteiger partial charge in [0.1, 0.15) is 5.75 Å². The molecule has 17 heavy (non-hydrogen) atoms. The topological polar surface area (TPSA) is 43.8 Å². The lowest BCUT2D eigenvalue weighted by atomic mass is 10.2. The third-order valence-electron chi connectivity index (χ3n) is 2.44. The second-order valence-corrected chi connectivity index (χ2v) is 4.40. The summed E-state index contributed by atoms with van der Waals surface area (Å²) in [6.07, 6.45) is 0. The summed E-state index contributed by atoms with van der Waals surface area (Å²) in [7, 11) is 3.39. The molecule has 0 saturated heterocycles. The maximum absolute atomic E-state index is 11.8. The van der Waals surface area contributed by atoms with Gasteiger partial charge in [0, 0.05) is 31.2 Å². The molecule has 0 heterocycles. The molecule has 5 heteroatoms. The van der Waals surface area contributed by atoms with E-state index in [0.29, 0.717) is 23.7 Å². The van der Waals surface area contributed by atoms with Crippen molar-refractivity contribution in [2.75, 3.05) is 20.6 Å². The molecule has 1 aromatic carbocycles. The number of phenols is 1. The van der Waals surface area contributed by atoms with Crippen molar-refractivity contribution in [3.63, 3.8) is 0 Å². The number of aromatic hydroxyl groups is 1. The van der Waals surface area contributed by atoms with Crippen LogP contribution in [0.25, 0.3) is 0 Å². The average Bonchev–Trinajstić information content (AvgIpc) is 2.29. The van der Waals surface area contributed by atoms with Gasteiger partial charge in [-0.05, 0) is 25.1 Å². The van der Waals surface area contributed by atoms with Crippen LogP contribution in [-0.2, 0) is 6.54 Å². The molecule has 0 aromatic heterocycles. The number of phenolic OH excluding ortho intramolecular Hbond substituents is 1. The van der Waals surface area contributed by atoms with Crippen LogP contribution in [0.5, 0.6) is 5.75 Å². The molecule has 0 fully saturated rings. The Labute approximate surface area is 106 Å².